The third kappa shape index (κ3) is 4.56. The van der Waals surface area contributed by atoms with E-state index in [2.05, 4.69) is 20.7 Å². The maximum absolute atomic E-state index is 14.0. The Balaban J connectivity index is 1.73. The predicted molar refractivity (Wildman–Crippen MR) is 107 cm³/mol. The zero-order valence-corrected chi connectivity index (χ0v) is 15.1. The number of carbonyl (C=O) groups is 1. The number of aromatic hydroxyl groups is 1. The van der Waals surface area contributed by atoms with Crippen molar-refractivity contribution >= 4 is 29.5 Å². The Morgan fingerprint density at radius 2 is 1.93 bits per heavy atom. The molecule has 2 aromatic carbocycles. The molecule has 1 fully saturated rings. The smallest absolute Gasteiger partial charge is 0.255 e. The van der Waals surface area contributed by atoms with Crippen LogP contribution in [0.5, 0.6) is 5.75 Å². The lowest BCUT2D eigenvalue weighted by atomic mass is 10.1. The molecule has 8 nitrogen and oxygen atoms in total. The number of halogens is 1. The number of hydrazone groups is 1. The Labute approximate surface area is 161 Å². The van der Waals surface area contributed by atoms with E-state index < -0.39 is 23.4 Å². The number of hydrogen-bond donors (Lipinski definition) is 5. The first-order chi connectivity index (χ1) is 13.4. The van der Waals surface area contributed by atoms with E-state index in [-0.39, 0.29) is 11.1 Å². The first kappa shape index (κ1) is 19.2. The first-order valence-electron chi connectivity index (χ1n) is 8.76. The molecule has 0 aliphatic carbocycles. The van der Waals surface area contributed by atoms with Gasteiger partial charge in [-0.2, -0.15) is 5.10 Å². The van der Waals surface area contributed by atoms with Crippen LogP contribution in [0.1, 0.15) is 28.8 Å². The third-order valence-corrected chi connectivity index (χ3v) is 4.34. The van der Waals surface area contributed by atoms with Crippen molar-refractivity contribution in [2.24, 2.45) is 10.8 Å². The molecule has 1 saturated heterocycles. The van der Waals surface area contributed by atoms with Crippen LogP contribution in [0, 0.1) is 11.2 Å². The fourth-order valence-corrected chi connectivity index (χ4v) is 2.96. The molecule has 28 heavy (non-hydrogen) atoms. The number of nitrogens with zero attached hydrogens (tertiary/aromatic N) is 2. The zero-order valence-electron chi connectivity index (χ0n) is 15.1. The summed E-state index contributed by atoms with van der Waals surface area (Å²) in [5.74, 6) is -2.55. The van der Waals surface area contributed by atoms with E-state index in [1.807, 2.05) is 12.1 Å². The van der Waals surface area contributed by atoms with Crippen LogP contribution in [0.15, 0.2) is 41.5 Å². The molecule has 2 aromatic rings. The summed E-state index contributed by atoms with van der Waals surface area (Å²) < 4.78 is 14.0. The van der Waals surface area contributed by atoms with Gasteiger partial charge in [-0.3, -0.25) is 10.2 Å². The molecule has 1 aliphatic heterocycles. The van der Waals surface area contributed by atoms with Crippen LogP contribution in [-0.4, -0.2) is 36.3 Å². The topological polar surface area (TPSA) is 127 Å². The number of amides is 1. The lowest BCUT2D eigenvalue weighted by molar-refractivity contribution is 0.102. The molecule has 0 radical (unpaired) electrons. The van der Waals surface area contributed by atoms with Gasteiger partial charge in [-0.1, -0.05) is 0 Å². The molecule has 1 amide bonds. The van der Waals surface area contributed by atoms with Crippen molar-refractivity contribution in [2.45, 2.75) is 12.8 Å². The van der Waals surface area contributed by atoms with E-state index >= 15 is 0 Å². The summed E-state index contributed by atoms with van der Waals surface area (Å²) in [6, 6.07) is 9.69. The number of phenolic OH excluding ortho intramolecular Hbond substituents is 1. The second-order valence-corrected chi connectivity index (χ2v) is 6.37. The summed E-state index contributed by atoms with van der Waals surface area (Å²) in [7, 11) is 0. The summed E-state index contributed by atoms with van der Waals surface area (Å²) in [5, 5.41) is 23.1. The van der Waals surface area contributed by atoms with E-state index in [4.69, 9.17) is 11.1 Å². The molecular formula is C19H21FN6O2. The van der Waals surface area contributed by atoms with Gasteiger partial charge in [0, 0.05) is 35.6 Å². The van der Waals surface area contributed by atoms with Gasteiger partial charge in [-0.15, -0.1) is 0 Å². The van der Waals surface area contributed by atoms with Crippen molar-refractivity contribution in [3.63, 3.8) is 0 Å². The lowest BCUT2D eigenvalue weighted by Crippen LogP contribution is -2.25. The fourth-order valence-electron chi connectivity index (χ4n) is 2.96. The monoisotopic (exact) mass is 384 g/mol. The van der Waals surface area contributed by atoms with Crippen molar-refractivity contribution in [3.8, 4) is 5.75 Å². The highest BCUT2D eigenvalue weighted by atomic mass is 19.1. The summed E-state index contributed by atoms with van der Waals surface area (Å²) >= 11 is 0. The minimum atomic E-state index is -0.957. The van der Waals surface area contributed by atoms with Gasteiger partial charge in [-0.05, 0) is 49.2 Å². The van der Waals surface area contributed by atoms with Crippen LogP contribution in [0.25, 0.3) is 0 Å². The van der Waals surface area contributed by atoms with Gasteiger partial charge >= 0.3 is 0 Å². The van der Waals surface area contributed by atoms with E-state index in [9.17, 15) is 14.3 Å². The Kier molecular flexibility index (Phi) is 5.73. The Morgan fingerprint density at radius 3 is 2.57 bits per heavy atom. The van der Waals surface area contributed by atoms with Gasteiger partial charge in [-0.25, -0.2) is 9.82 Å². The maximum atomic E-state index is 14.0. The molecule has 146 valence electrons. The quantitative estimate of drug-likeness (QED) is 0.307. The van der Waals surface area contributed by atoms with Crippen molar-refractivity contribution in [3.05, 3.63) is 53.3 Å². The molecule has 0 unspecified atom stereocenters. The molecule has 0 atom stereocenters. The highest BCUT2D eigenvalue weighted by molar-refractivity contribution is 6.05. The number of nitrogens with one attached hydrogen (secondary N) is 3. The molecule has 0 aromatic heterocycles. The summed E-state index contributed by atoms with van der Waals surface area (Å²) in [5.41, 5.74) is 8.91. The highest BCUT2D eigenvalue weighted by Crippen LogP contribution is 2.24. The molecule has 1 heterocycles. The predicted octanol–water partition coefficient (Wildman–Crippen LogP) is 2.20. The van der Waals surface area contributed by atoms with Gasteiger partial charge in [0.25, 0.3) is 5.91 Å². The molecule has 9 heteroatoms. The molecule has 0 bridgehead atoms. The number of phenols is 1. The van der Waals surface area contributed by atoms with Gasteiger partial charge in [0.15, 0.2) is 11.6 Å². The zero-order chi connectivity index (χ0) is 20.1. The molecule has 1 aliphatic rings. The van der Waals surface area contributed by atoms with Crippen molar-refractivity contribution in [2.75, 3.05) is 23.3 Å². The standard InChI is InChI=1S/C19H21FN6O2/c20-16-10-12(9-13(17(16)27)11-23-25-19(21)22)18(28)24-14-3-5-15(6-4-14)26-7-1-2-8-26/h3-6,9-11,27H,1-2,7-8H2,(H,24,28)(H4,21,22,25)/b23-11+. The average Bonchev–Trinajstić information content (AvgIpc) is 3.20. The SMILES string of the molecule is N=C(N)N/N=C/c1cc(C(=O)Nc2ccc(N3CCCC3)cc2)cc(F)c1O. The maximum Gasteiger partial charge on any atom is 0.255 e. The Bertz CT molecular complexity index is 907. The fraction of sp³-hybridized carbons (Fsp3) is 0.211. The van der Waals surface area contributed by atoms with Crippen LogP contribution in [0.4, 0.5) is 15.8 Å². The number of rotatable bonds is 5. The third-order valence-electron chi connectivity index (χ3n) is 4.34. The summed E-state index contributed by atoms with van der Waals surface area (Å²) in [6.45, 7) is 2.06. The van der Waals surface area contributed by atoms with Gasteiger partial charge in [0.1, 0.15) is 0 Å². The molecule has 0 saturated carbocycles. The second-order valence-electron chi connectivity index (χ2n) is 6.37. The van der Waals surface area contributed by atoms with E-state index in [1.54, 1.807) is 12.1 Å². The molecule has 0 spiro atoms. The summed E-state index contributed by atoms with van der Waals surface area (Å²) in [4.78, 5) is 14.7. The second kappa shape index (κ2) is 8.38. The number of carbonyl (C=O) groups excluding carboxylic acids is 1. The number of anilines is 2. The minimum absolute atomic E-state index is 0.0168. The number of hydrogen-bond acceptors (Lipinski definition) is 5. The van der Waals surface area contributed by atoms with Crippen LogP contribution < -0.4 is 21.4 Å². The normalized spacial score (nSPS) is 13.7. The van der Waals surface area contributed by atoms with Crippen molar-refractivity contribution in [1.29, 1.82) is 5.41 Å². The first-order valence-corrected chi connectivity index (χ1v) is 8.76. The van der Waals surface area contributed by atoms with Gasteiger partial charge < -0.3 is 21.1 Å². The number of benzene rings is 2. The summed E-state index contributed by atoms with van der Waals surface area (Å²) in [6.07, 6.45) is 3.43. The van der Waals surface area contributed by atoms with Crippen molar-refractivity contribution in [1.82, 2.24) is 5.43 Å². The Morgan fingerprint density at radius 1 is 1.25 bits per heavy atom. The van der Waals surface area contributed by atoms with Crippen LogP contribution in [-0.2, 0) is 0 Å². The minimum Gasteiger partial charge on any atom is -0.504 e. The van der Waals surface area contributed by atoms with E-state index in [1.165, 1.54) is 18.9 Å². The number of nitrogens with two attached hydrogens (primary N) is 1. The molecule has 3 rings (SSSR count). The van der Waals surface area contributed by atoms with Crippen LogP contribution >= 0.6 is 0 Å². The van der Waals surface area contributed by atoms with Gasteiger partial charge in [0.2, 0.25) is 5.96 Å². The van der Waals surface area contributed by atoms with E-state index in [0.29, 0.717) is 5.69 Å². The molecule has 6 N–H and O–H groups in total. The van der Waals surface area contributed by atoms with Crippen LogP contribution in [0.3, 0.4) is 0 Å². The van der Waals surface area contributed by atoms with Crippen molar-refractivity contribution < 1.29 is 14.3 Å². The molecular weight excluding hydrogens is 363 g/mol. The Hall–Kier alpha value is -3.62. The average molecular weight is 384 g/mol. The van der Waals surface area contributed by atoms with Crippen LogP contribution in [0.2, 0.25) is 0 Å². The van der Waals surface area contributed by atoms with E-state index in [0.717, 1.165) is 31.1 Å². The highest BCUT2D eigenvalue weighted by Gasteiger charge is 2.15. The number of guanidine groups is 1. The van der Waals surface area contributed by atoms with Gasteiger partial charge in [0.05, 0.1) is 6.21 Å². The lowest BCUT2D eigenvalue weighted by Gasteiger charge is -2.17. The largest absolute Gasteiger partial charge is 0.504 e.